The van der Waals surface area contributed by atoms with Gasteiger partial charge in [0.2, 0.25) is 5.91 Å². The number of piperidine rings is 1. The van der Waals surface area contributed by atoms with Crippen molar-refractivity contribution in [1.82, 2.24) is 9.88 Å². The highest BCUT2D eigenvalue weighted by atomic mass is 16.5. The number of methoxy groups -OCH3 is 1. The largest absolute Gasteiger partial charge is 0.497 e. The number of carbonyl (C=O) groups excluding carboxylic acids is 1. The van der Waals surface area contributed by atoms with Crippen LogP contribution in [0.1, 0.15) is 63.2 Å². The lowest BCUT2D eigenvalue weighted by Crippen LogP contribution is -2.54. The predicted octanol–water partition coefficient (Wildman–Crippen LogP) is 4.97. The number of aryl methyl sites for hydroxylation is 1. The maximum atomic E-state index is 12.8. The molecular formula is C28H36N2O4. The van der Waals surface area contributed by atoms with Crippen LogP contribution in [-0.2, 0) is 16.0 Å². The lowest BCUT2D eigenvalue weighted by atomic mass is 9.64. The molecule has 6 heteroatoms. The molecule has 0 saturated carbocycles. The molecule has 3 aliphatic heterocycles. The molecule has 1 aromatic heterocycles. The number of aromatic nitrogens is 1. The molecule has 5 rings (SSSR count). The average molecular weight is 465 g/mol. The summed E-state index contributed by atoms with van der Waals surface area (Å²) in [6, 6.07) is 10.1. The van der Waals surface area contributed by atoms with Gasteiger partial charge in [-0.2, -0.15) is 0 Å². The number of carbonyl (C=O) groups is 1. The Balaban J connectivity index is 1.20. The summed E-state index contributed by atoms with van der Waals surface area (Å²) in [6.45, 7) is 6.75. The Bertz CT molecular complexity index is 1010. The van der Waals surface area contributed by atoms with Crippen LogP contribution in [0.4, 0.5) is 0 Å². The third kappa shape index (κ3) is 4.52. The summed E-state index contributed by atoms with van der Waals surface area (Å²) >= 11 is 0. The highest BCUT2D eigenvalue weighted by Crippen LogP contribution is 2.55. The molecule has 4 heterocycles. The van der Waals surface area contributed by atoms with E-state index in [1.807, 2.05) is 36.7 Å². The number of hydrogen-bond acceptors (Lipinski definition) is 5. The minimum Gasteiger partial charge on any atom is -0.497 e. The molecule has 2 saturated heterocycles. The van der Waals surface area contributed by atoms with Gasteiger partial charge in [0.15, 0.2) is 0 Å². The fraction of sp³-hybridized carbons (Fsp3) is 0.571. The fourth-order valence-corrected chi connectivity index (χ4v) is 5.99. The molecule has 3 aliphatic rings. The molecule has 0 unspecified atom stereocenters. The Morgan fingerprint density at radius 2 is 1.94 bits per heavy atom. The van der Waals surface area contributed by atoms with Crippen molar-refractivity contribution in [2.45, 2.75) is 64.1 Å². The van der Waals surface area contributed by atoms with E-state index < -0.39 is 0 Å². The number of ether oxygens (including phenoxy) is 3. The van der Waals surface area contributed by atoms with Crippen molar-refractivity contribution in [3.05, 3.63) is 53.9 Å². The third-order valence-corrected chi connectivity index (χ3v) is 8.16. The highest BCUT2D eigenvalue weighted by molar-refractivity contribution is 5.76. The summed E-state index contributed by atoms with van der Waals surface area (Å²) in [5.74, 6) is 2.28. The van der Waals surface area contributed by atoms with Crippen LogP contribution in [0.5, 0.6) is 11.5 Å². The van der Waals surface area contributed by atoms with Crippen molar-refractivity contribution >= 4 is 5.91 Å². The van der Waals surface area contributed by atoms with Gasteiger partial charge in [0.25, 0.3) is 0 Å². The van der Waals surface area contributed by atoms with Crippen molar-refractivity contribution in [2.75, 3.05) is 26.8 Å². The summed E-state index contributed by atoms with van der Waals surface area (Å²) < 4.78 is 18.5. The summed E-state index contributed by atoms with van der Waals surface area (Å²) in [5, 5.41) is 0. The zero-order chi connectivity index (χ0) is 23.8. The van der Waals surface area contributed by atoms with Crippen LogP contribution in [0.3, 0.4) is 0 Å². The van der Waals surface area contributed by atoms with Crippen LogP contribution in [-0.4, -0.2) is 48.2 Å². The van der Waals surface area contributed by atoms with Gasteiger partial charge in [-0.05, 0) is 87.3 Å². The molecular weight excluding hydrogens is 428 g/mol. The maximum absolute atomic E-state index is 12.8. The fourth-order valence-electron chi connectivity index (χ4n) is 5.99. The molecule has 0 radical (unpaired) electrons. The van der Waals surface area contributed by atoms with Gasteiger partial charge in [0.1, 0.15) is 17.1 Å². The van der Waals surface area contributed by atoms with E-state index in [1.165, 1.54) is 5.56 Å². The zero-order valence-corrected chi connectivity index (χ0v) is 20.6. The Morgan fingerprint density at radius 1 is 1.18 bits per heavy atom. The van der Waals surface area contributed by atoms with Crippen molar-refractivity contribution in [1.29, 1.82) is 0 Å². The second kappa shape index (κ2) is 9.21. The smallest absolute Gasteiger partial charge is 0.222 e. The van der Waals surface area contributed by atoms with E-state index in [-0.39, 0.29) is 28.9 Å². The summed E-state index contributed by atoms with van der Waals surface area (Å²) in [4.78, 5) is 19.0. The number of nitrogens with zero attached hydrogens (tertiary/aromatic N) is 2. The van der Waals surface area contributed by atoms with Crippen LogP contribution in [0, 0.1) is 11.3 Å². The quantitative estimate of drug-likeness (QED) is 0.625. The topological polar surface area (TPSA) is 60.9 Å². The number of benzene rings is 1. The maximum Gasteiger partial charge on any atom is 0.222 e. The zero-order valence-electron chi connectivity index (χ0n) is 20.6. The lowest BCUT2D eigenvalue weighted by molar-refractivity contribution is -0.176. The summed E-state index contributed by atoms with van der Waals surface area (Å²) in [6.07, 6.45) is 9.10. The van der Waals surface area contributed by atoms with E-state index in [0.717, 1.165) is 68.9 Å². The van der Waals surface area contributed by atoms with E-state index in [1.54, 1.807) is 7.11 Å². The number of likely N-dealkylation sites (tertiary alicyclic amines) is 1. The van der Waals surface area contributed by atoms with E-state index >= 15 is 0 Å². The molecule has 0 N–H and O–H groups in total. The lowest BCUT2D eigenvalue weighted by Gasteiger charge is -2.54. The van der Waals surface area contributed by atoms with Gasteiger partial charge in [0.05, 0.1) is 19.8 Å². The standard InChI is InChI=1S/C28H36N2O4/c1-27(2)23-18-28(19-33-26(23)22-17-21(32-3)7-8-24(22)34-27)11-15-30(16-12-28)25(31)6-4-5-20-9-13-29-14-10-20/h7-10,13-14,17,23,26H,4-6,11-12,15-16,18-19H2,1-3H3/t23-,26+/m0/s1. The van der Waals surface area contributed by atoms with Gasteiger partial charge in [-0.3, -0.25) is 9.78 Å². The molecule has 1 aromatic carbocycles. The first-order chi connectivity index (χ1) is 16.4. The van der Waals surface area contributed by atoms with E-state index in [4.69, 9.17) is 14.2 Å². The molecule has 34 heavy (non-hydrogen) atoms. The van der Waals surface area contributed by atoms with E-state index in [2.05, 4.69) is 29.8 Å². The van der Waals surface area contributed by atoms with Gasteiger partial charge in [-0.1, -0.05) is 0 Å². The Kier molecular flexibility index (Phi) is 6.28. The van der Waals surface area contributed by atoms with Gasteiger partial charge in [-0.25, -0.2) is 0 Å². The normalized spacial score (nSPS) is 24.6. The molecule has 2 atom stereocenters. The van der Waals surface area contributed by atoms with Crippen molar-refractivity contribution < 1.29 is 19.0 Å². The number of hydrogen-bond donors (Lipinski definition) is 0. The second-order valence-corrected chi connectivity index (χ2v) is 10.7. The molecule has 0 aliphatic carbocycles. The molecule has 1 spiro atoms. The van der Waals surface area contributed by atoms with Crippen LogP contribution in [0.25, 0.3) is 0 Å². The van der Waals surface area contributed by atoms with Gasteiger partial charge >= 0.3 is 0 Å². The highest BCUT2D eigenvalue weighted by Gasteiger charge is 2.53. The number of pyridine rings is 1. The van der Waals surface area contributed by atoms with Crippen LogP contribution >= 0.6 is 0 Å². The Labute approximate surface area is 202 Å². The van der Waals surface area contributed by atoms with Crippen LogP contribution < -0.4 is 9.47 Å². The number of rotatable bonds is 5. The summed E-state index contributed by atoms with van der Waals surface area (Å²) in [7, 11) is 1.69. The van der Waals surface area contributed by atoms with E-state index in [0.29, 0.717) is 6.42 Å². The van der Waals surface area contributed by atoms with Crippen molar-refractivity contribution in [2.24, 2.45) is 11.3 Å². The van der Waals surface area contributed by atoms with Crippen LogP contribution in [0.2, 0.25) is 0 Å². The molecule has 2 aromatic rings. The van der Waals surface area contributed by atoms with Gasteiger partial charge in [0, 0.05) is 43.4 Å². The minimum absolute atomic E-state index is 0.0207. The molecule has 182 valence electrons. The van der Waals surface area contributed by atoms with Crippen molar-refractivity contribution in [3.8, 4) is 11.5 Å². The van der Waals surface area contributed by atoms with Gasteiger partial charge < -0.3 is 19.1 Å². The average Bonchev–Trinajstić information content (AvgIpc) is 2.85. The monoisotopic (exact) mass is 464 g/mol. The first kappa shape index (κ1) is 23.2. The molecule has 2 fully saturated rings. The number of fused-ring (bicyclic) bond motifs is 3. The first-order valence-corrected chi connectivity index (χ1v) is 12.5. The second-order valence-electron chi connectivity index (χ2n) is 10.7. The SMILES string of the molecule is COc1ccc2c(c1)[C@H]1OCC3(CCN(C(=O)CCCc4ccncc4)CC3)C[C@@H]1C(C)(C)O2. The van der Waals surface area contributed by atoms with Crippen molar-refractivity contribution in [3.63, 3.8) is 0 Å². The predicted molar refractivity (Wildman–Crippen MR) is 130 cm³/mol. The Morgan fingerprint density at radius 3 is 2.68 bits per heavy atom. The van der Waals surface area contributed by atoms with E-state index in [9.17, 15) is 4.79 Å². The number of amides is 1. The molecule has 0 bridgehead atoms. The third-order valence-electron chi connectivity index (χ3n) is 8.16. The first-order valence-electron chi connectivity index (χ1n) is 12.5. The molecule has 6 nitrogen and oxygen atoms in total. The Hall–Kier alpha value is -2.60. The van der Waals surface area contributed by atoms with Gasteiger partial charge in [-0.15, -0.1) is 0 Å². The molecule has 1 amide bonds. The summed E-state index contributed by atoms with van der Waals surface area (Å²) in [5.41, 5.74) is 2.15. The van der Waals surface area contributed by atoms with Crippen LogP contribution in [0.15, 0.2) is 42.7 Å². The minimum atomic E-state index is -0.306.